The van der Waals surface area contributed by atoms with Crippen molar-refractivity contribution in [1.82, 2.24) is 4.98 Å². The van der Waals surface area contributed by atoms with Crippen LogP contribution in [0, 0.1) is 13.8 Å². The van der Waals surface area contributed by atoms with E-state index in [0.717, 1.165) is 15.6 Å². The van der Waals surface area contributed by atoms with Crippen LogP contribution in [-0.2, 0) is 4.79 Å². The monoisotopic (exact) mass is 348 g/mol. The summed E-state index contributed by atoms with van der Waals surface area (Å²) in [6.45, 7) is 5.65. The van der Waals surface area contributed by atoms with E-state index in [1.54, 1.807) is 13.1 Å². The van der Waals surface area contributed by atoms with Crippen LogP contribution >= 0.6 is 15.9 Å². The number of rotatable bonds is 4. The minimum Gasteiger partial charge on any atom is -0.480 e. The van der Waals surface area contributed by atoms with Gasteiger partial charge in [-0.05, 0) is 72.1 Å². The average molecular weight is 349 g/mol. The summed E-state index contributed by atoms with van der Waals surface area (Å²) in [6.07, 6.45) is 1.04. The molecule has 0 aliphatic rings. The van der Waals surface area contributed by atoms with Gasteiger partial charge in [0.15, 0.2) is 6.10 Å². The second-order valence-electron chi connectivity index (χ2n) is 4.90. The number of carbonyl (C=O) groups is 1. The van der Waals surface area contributed by atoms with Crippen molar-refractivity contribution < 1.29 is 9.53 Å². The normalized spacial score (nSPS) is 11.8. The molecule has 21 heavy (non-hydrogen) atoms. The van der Waals surface area contributed by atoms with Crippen molar-refractivity contribution in [2.45, 2.75) is 26.9 Å². The predicted octanol–water partition coefficient (Wildman–Crippen LogP) is 3.87. The van der Waals surface area contributed by atoms with Gasteiger partial charge in [-0.3, -0.25) is 4.79 Å². The Labute approximate surface area is 132 Å². The molecule has 0 saturated heterocycles. The molecule has 0 bridgehead atoms. The number of aromatic nitrogens is 1. The molecule has 1 heterocycles. The Morgan fingerprint density at radius 2 is 1.95 bits per heavy atom. The third-order valence-corrected chi connectivity index (χ3v) is 3.55. The largest absolute Gasteiger partial charge is 0.480 e. The fraction of sp³-hybridized carbons (Fsp3) is 0.250. The van der Waals surface area contributed by atoms with E-state index in [4.69, 9.17) is 4.74 Å². The maximum absolute atomic E-state index is 12.1. The van der Waals surface area contributed by atoms with Crippen LogP contribution in [0.2, 0.25) is 0 Å². The molecule has 4 nitrogen and oxygen atoms in total. The summed E-state index contributed by atoms with van der Waals surface area (Å²) < 4.78 is 6.51. The number of carbonyl (C=O) groups excluding carboxylic acids is 1. The van der Waals surface area contributed by atoms with Gasteiger partial charge >= 0.3 is 0 Å². The molecule has 1 amide bonds. The highest BCUT2D eigenvalue weighted by atomic mass is 79.9. The first-order valence-electron chi connectivity index (χ1n) is 6.62. The van der Waals surface area contributed by atoms with Crippen molar-refractivity contribution in [3.8, 4) is 5.75 Å². The van der Waals surface area contributed by atoms with E-state index in [9.17, 15) is 4.79 Å². The second-order valence-corrected chi connectivity index (χ2v) is 5.76. The molecular formula is C16H17BrN2O2. The quantitative estimate of drug-likeness (QED) is 0.912. The molecule has 0 aliphatic carbocycles. The lowest BCUT2D eigenvalue weighted by atomic mass is 10.2. The highest BCUT2D eigenvalue weighted by molar-refractivity contribution is 9.10. The Morgan fingerprint density at radius 3 is 2.62 bits per heavy atom. The van der Waals surface area contributed by atoms with E-state index >= 15 is 0 Å². The molecule has 0 radical (unpaired) electrons. The number of halogens is 1. The first-order valence-corrected chi connectivity index (χ1v) is 7.41. The lowest BCUT2D eigenvalue weighted by Crippen LogP contribution is -2.30. The topological polar surface area (TPSA) is 51.2 Å². The maximum Gasteiger partial charge on any atom is 0.266 e. The zero-order chi connectivity index (χ0) is 15.4. The third kappa shape index (κ3) is 4.29. The highest BCUT2D eigenvalue weighted by Crippen LogP contribution is 2.26. The fourth-order valence-corrected chi connectivity index (χ4v) is 2.36. The van der Waals surface area contributed by atoms with Crippen LogP contribution in [-0.4, -0.2) is 17.0 Å². The van der Waals surface area contributed by atoms with Crippen molar-refractivity contribution >= 4 is 27.7 Å². The molecular weight excluding hydrogens is 332 g/mol. The van der Waals surface area contributed by atoms with Gasteiger partial charge < -0.3 is 10.1 Å². The van der Waals surface area contributed by atoms with Crippen molar-refractivity contribution in [2.24, 2.45) is 0 Å². The number of hydrogen-bond donors (Lipinski definition) is 1. The number of aryl methyl sites for hydroxylation is 2. The molecule has 2 rings (SSSR count). The summed E-state index contributed by atoms with van der Waals surface area (Å²) in [4.78, 5) is 16.2. The van der Waals surface area contributed by atoms with Gasteiger partial charge in [0.1, 0.15) is 11.6 Å². The van der Waals surface area contributed by atoms with E-state index in [1.807, 2.05) is 44.2 Å². The Hall–Kier alpha value is -1.88. The van der Waals surface area contributed by atoms with Crippen LogP contribution in [0.15, 0.2) is 41.0 Å². The molecule has 0 saturated carbocycles. The van der Waals surface area contributed by atoms with Gasteiger partial charge in [0, 0.05) is 6.20 Å². The smallest absolute Gasteiger partial charge is 0.266 e. The molecule has 2 aromatic rings. The number of benzene rings is 1. The lowest BCUT2D eigenvalue weighted by molar-refractivity contribution is -0.122. The van der Waals surface area contributed by atoms with Gasteiger partial charge in [-0.15, -0.1) is 0 Å². The van der Waals surface area contributed by atoms with Crippen LogP contribution in [0.5, 0.6) is 5.75 Å². The zero-order valence-electron chi connectivity index (χ0n) is 12.2. The van der Waals surface area contributed by atoms with Gasteiger partial charge in [0.2, 0.25) is 0 Å². The first kappa shape index (κ1) is 15.5. The molecule has 1 aromatic heterocycles. The van der Waals surface area contributed by atoms with E-state index in [0.29, 0.717) is 11.6 Å². The molecule has 1 aromatic carbocycles. The summed E-state index contributed by atoms with van der Waals surface area (Å²) in [5, 5.41) is 2.74. The molecule has 1 N–H and O–H groups in total. The minimum absolute atomic E-state index is 0.236. The standard InChI is InChI=1S/C16H17BrN2O2/c1-10-4-5-14(13(17)8-10)21-12(3)16(20)19-15-9-11(2)6-7-18-15/h4-9,12H,1-3H3,(H,18,19,20)/t12-/m0/s1. The van der Waals surface area contributed by atoms with E-state index in [-0.39, 0.29) is 5.91 Å². The van der Waals surface area contributed by atoms with E-state index < -0.39 is 6.10 Å². The summed E-state index contributed by atoms with van der Waals surface area (Å²) in [7, 11) is 0. The Kier molecular flexibility index (Phi) is 4.96. The van der Waals surface area contributed by atoms with Gasteiger partial charge in [0.05, 0.1) is 4.47 Å². The van der Waals surface area contributed by atoms with Crippen molar-refractivity contribution in [2.75, 3.05) is 5.32 Å². The molecule has 0 aliphatic heterocycles. The van der Waals surface area contributed by atoms with Crippen LogP contribution in [0.3, 0.4) is 0 Å². The summed E-state index contributed by atoms with van der Waals surface area (Å²) >= 11 is 3.43. The van der Waals surface area contributed by atoms with E-state index in [1.165, 1.54) is 0 Å². The summed E-state index contributed by atoms with van der Waals surface area (Å²) in [6, 6.07) is 9.41. The lowest BCUT2D eigenvalue weighted by Gasteiger charge is -2.15. The average Bonchev–Trinajstić information content (AvgIpc) is 2.41. The maximum atomic E-state index is 12.1. The number of nitrogens with one attached hydrogen (secondary N) is 1. The van der Waals surface area contributed by atoms with Gasteiger partial charge in [-0.25, -0.2) is 4.98 Å². The second kappa shape index (κ2) is 6.72. The number of pyridine rings is 1. The zero-order valence-corrected chi connectivity index (χ0v) is 13.8. The van der Waals surface area contributed by atoms with Crippen molar-refractivity contribution in [3.05, 3.63) is 52.1 Å². The van der Waals surface area contributed by atoms with E-state index in [2.05, 4.69) is 26.2 Å². The van der Waals surface area contributed by atoms with Crippen LogP contribution in [0.25, 0.3) is 0 Å². The Balaban J connectivity index is 2.02. The number of ether oxygens (including phenoxy) is 1. The van der Waals surface area contributed by atoms with Gasteiger partial charge in [-0.2, -0.15) is 0 Å². The van der Waals surface area contributed by atoms with Crippen molar-refractivity contribution in [3.63, 3.8) is 0 Å². The molecule has 0 unspecified atom stereocenters. The number of amides is 1. The molecule has 5 heteroatoms. The van der Waals surface area contributed by atoms with Crippen molar-refractivity contribution in [1.29, 1.82) is 0 Å². The molecule has 110 valence electrons. The van der Waals surface area contributed by atoms with Crippen LogP contribution < -0.4 is 10.1 Å². The highest BCUT2D eigenvalue weighted by Gasteiger charge is 2.16. The van der Waals surface area contributed by atoms with Gasteiger partial charge in [0.25, 0.3) is 5.91 Å². The molecule has 0 spiro atoms. The summed E-state index contributed by atoms with van der Waals surface area (Å²) in [5.74, 6) is 0.930. The SMILES string of the molecule is Cc1ccnc(NC(=O)[C@H](C)Oc2ccc(C)cc2Br)c1. The fourth-order valence-electron chi connectivity index (χ4n) is 1.78. The number of anilines is 1. The molecule has 0 fully saturated rings. The summed E-state index contributed by atoms with van der Waals surface area (Å²) in [5.41, 5.74) is 2.16. The van der Waals surface area contributed by atoms with Gasteiger partial charge in [-0.1, -0.05) is 6.07 Å². The predicted molar refractivity (Wildman–Crippen MR) is 86.6 cm³/mol. The van der Waals surface area contributed by atoms with Crippen LogP contribution in [0.1, 0.15) is 18.1 Å². The number of nitrogens with zero attached hydrogens (tertiary/aromatic N) is 1. The number of hydrogen-bond acceptors (Lipinski definition) is 3. The molecule has 1 atom stereocenters. The first-order chi connectivity index (χ1) is 9.95. The Morgan fingerprint density at radius 1 is 1.24 bits per heavy atom. The third-order valence-electron chi connectivity index (χ3n) is 2.93. The Bertz CT molecular complexity index is 658. The minimum atomic E-state index is -0.619. The van der Waals surface area contributed by atoms with Crippen LogP contribution in [0.4, 0.5) is 5.82 Å².